The van der Waals surface area contributed by atoms with Gasteiger partial charge in [-0.05, 0) is 25.8 Å². The Bertz CT molecular complexity index is 420. The second kappa shape index (κ2) is 3.25. The normalized spacial score (nSPS) is 18.5. The molecular weight excluding hydrogens is 208 g/mol. The Morgan fingerprint density at radius 3 is 2.73 bits per heavy atom. The number of nitrogens with two attached hydrogens (primary N) is 2. The average molecular weight is 224 g/mol. The summed E-state index contributed by atoms with van der Waals surface area (Å²) in [7, 11) is 0. The molecule has 82 valence electrons. The van der Waals surface area contributed by atoms with Crippen molar-refractivity contribution < 1.29 is 4.74 Å². The lowest BCUT2D eigenvalue weighted by Crippen LogP contribution is -2.27. The molecule has 0 spiro atoms. The van der Waals surface area contributed by atoms with E-state index in [0.717, 1.165) is 23.6 Å². The van der Waals surface area contributed by atoms with Crippen LogP contribution >= 0.6 is 11.3 Å². The smallest absolute Gasteiger partial charge is 0.0970 e. The molecule has 4 N–H and O–H groups in total. The van der Waals surface area contributed by atoms with Crippen LogP contribution < -0.4 is 11.5 Å². The van der Waals surface area contributed by atoms with Gasteiger partial charge in [0.1, 0.15) is 0 Å². The summed E-state index contributed by atoms with van der Waals surface area (Å²) < 4.78 is 5.72. The van der Waals surface area contributed by atoms with Crippen LogP contribution in [0.3, 0.4) is 0 Å². The number of hydrogen-bond donors (Lipinski definition) is 2. The second-order valence-electron chi connectivity index (χ2n) is 4.29. The third kappa shape index (κ3) is 1.54. The van der Waals surface area contributed by atoms with Crippen LogP contribution in [0.5, 0.6) is 0 Å². The molecule has 2 heterocycles. The molecule has 0 bridgehead atoms. The van der Waals surface area contributed by atoms with E-state index in [1.54, 1.807) is 11.3 Å². The summed E-state index contributed by atoms with van der Waals surface area (Å²) in [6.45, 7) is 8.58. The van der Waals surface area contributed by atoms with Gasteiger partial charge in [0.05, 0.1) is 22.8 Å². The molecule has 3 nitrogen and oxygen atoms in total. The van der Waals surface area contributed by atoms with Crippen LogP contribution in [0.15, 0.2) is 6.58 Å². The van der Waals surface area contributed by atoms with Gasteiger partial charge in [-0.1, -0.05) is 6.58 Å². The molecule has 1 aliphatic heterocycles. The van der Waals surface area contributed by atoms with Crippen LogP contribution in [0, 0.1) is 0 Å². The van der Waals surface area contributed by atoms with E-state index >= 15 is 0 Å². The molecule has 15 heavy (non-hydrogen) atoms. The number of nitrogen functional groups attached to an aromatic ring is 1. The lowest BCUT2D eigenvalue weighted by molar-refractivity contribution is -0.0280. The topological polar surface area (TPSA) is 61.3 Å². The summed E-state index contributed by atoms with van der Waals surface area (Å²) in [5, 5.41) is 0. The van der Waals surface area contributed by atoms with E-state index in [-0.39, 0.29) is 5.60 Å². The fraction of sp³-hybridized carbons (Fsp3) is 0.455. The van der Waals surface area contributed by atoms with Crippen LogP contribution in [0.4, 0.5) is 5.69 Å². The Morgan fingerprint density at radius 1 is 1.53 bits per heavy atom. The number of anilines is 1. The minimum Gasteiger partial charge on any atom is -0.398 e. The van der Waals surface area contributed by atoms with E-state index in [1.165, 1.54) is 10.4 Å². The van der Waals surface area contributed by atoms with Crippen molar-refractivity contribution in [1.82, 2.24) is 0 Å². The maximum atomic E-state index is 6.06. The lowest BCUT2D eigenvalue weighted by Gasteiger charge is -2.30. The Balaban J connectivity index is 2.60. The van der Waals surface area contributed by atoms with Crippen molar-refractivity contribution in [3.8, 4) is 0 Å². The highest BCUT2D eigenvalue weighted by Crippen LogP contribution is 2.44. The molecule has 0 amide bonds. The molecule has 1 aromatic heterocycles. The number of hydrogen-bond acceptors (Lipinski definition) is 4. The van der Waals surface area contributed by atoms with Crippen LogP contribution in [0.25, 0.3) is 5.70 Å². The Hall–Kier alpha value is -1.00. The predicted octanol–water partition coefficient (Wildman–Crippen LogP) is 2.07. The minimum atomic E-state index is -0.250. The van der Waals surface area contributed by atoms with Gasteiger partial charge in [0.2, 0.25) is 0 Å². The van der Waals surface area contributed by atoms with Gasteiger partial charge in [-0.25, -0.2) is 0 Å². The van der Waals surface area contributed by atoms with Gasteiger partial charge in [0.25, 0.3) is 0 Å². The number of thiophene rings is 1. The molecular formula is C11H16N2OS. The first-order valence-electron chi connectivity index (χ1n) is 4.94. The summed E-state index contributed by atoms with van der Waals surface area (Å²) in [5.41, 5.74) is 14.0. The van der Waals surface area contributed by atoms with Gasteiger partial charge < -0.3 is 16.2 Å². The van der Waals surface area contributed by atoms with E-state index < -0.39 is 0 Å². The van der Waals surface area contributed by atoms with E-state index in [1.807, 2.05) is 0 Å². The molecule has 0 fully saturated rings. The molecule has 0 aromatic carbocycles. The zero-order valence-corrected chi connectivity index (χ0v) is 9.91. The maximum absolute atomic E-state index is 6.06. The summed E-state index contributed by atoms with van der Waals surface area (Å²) in [6.07, 6.45) is 0.869. The fourth-order valence-corrected chi connectivity index (χ4v) is 3.13. The largest absolute Gasteiger partial charge is 0.398 e. The first-order valence-corrected chi connectivity index (χ1v) is 5.75. The molecule has 0 saturated heterocycles. The van der Waals surface area contributed by atoms with E-state index in [4.69, 9.17) is 16.2 Å². The quantitative estimate of drug-likeness (QED) is 0.767. The third-order valence-corrected chi connectivity index (χ3v) is 4.33. The van der Waals surface area contributed by atoms with Gasteiger partial charge in [0.15, 0.2) is 0 Å². The molecule has 0 atom stereocenters. The molecule has 2 rings (SSSR count). The lowest BCUT2D eigenvalue weighted by atomic mass is 9.97. The Morgan fingerprint density at radius 2 is 2.20 bits per heavy atom. The van der Waals surface area contributed by atoms with Crippen molar-refractivity contribution in [3.63, 3.8) is 0 Å². The predicted molar refractivity (Wildman–Crippen MR) is 64.6 cm³/mol. The third-order valence-electron chi connectivity index (χ3n) is 2.70. The summed E-state index contributed by atoms with van der Waals surface area (Å²) in [4.78, 5) is 2.09. The SMILES string of the molecule is C=C(N)c1sc2c(c1N)CCOC2(C)C. The first-order chi connectivity index (χ1) is 6.93. The van der Waals surface area contributed by atoms with E-state index in [2.05, 4.69) is 20.4 Å². The summed E-state index contributed by atoms with van der Waals surface area (Å²) in [5.74, 6) is 0. The van der Waals surface area contributed by atoms with Crippen molar-refractivity contribution in [1.29, 1.82) is 0 Å². The average Bonchev–Trinajstić information content (AvgIpc) is 2.45. The summed E-state index contributed by atoms with van der Waals surface area (Å²) in [6, 6.07) is 0. The molecule has 4 heteroatoms. The van der Waals surface area contributed by atoms with Gasteiger partial charge in [0, 0.05) is 10.6 Å². The number of rotatable bonds is 1. The Labute approximate surface area is 93.7 Å². The van der Waals surface area contributed by atoms with Gasteiger partial charge in [-0.15, -0.1) is 11.3 Å². The molecule has 0 unspecified atom stereocenters. The van der Waals surface area contributed by atoms with Crippen molar-refractivity contribution >= 4 is 22.7 Å². The van der Waals surface area contributed by atoms with Crippen molar-refractivity contribution in [2.45, 2.75) is 25.9 Å². The molecule has 0 aliphatic carbocycles. The summed E-state index contributed by atoms with van der Waals surface area (Å²) >= 11 is 1.60. The fourth-order valence-electron chi connectivity index (χ4n) is 1.92. The Kier molecular flexibility index (Phi) is 2.28. The molecule has 0 radical (unpaired) electrons. The molecule has 1 aliphatic rings. The zero-order valence-electron chi connectivity index (χ0n) is 9.09. The van der Waals surface area contributed by atoms with Crippen LogP contribution in [0.1, 0.15) is 29.2 Å². The number of ether oxygens (including phenoxy) is 1. The second-order valence-corrected chi connectivity index (χ2v) is 5.31. The highest BCUT2D eigenvalue weighted by Gasteiger charge is 2.33. The highest BCUT2D eigenvalue weighted by atomic mass is 32.1. The van der Waals surface area contributed by atoms with Gasteiger partial charge in [-0.3, -0.25) is 0 Å². The van der Waals surface area contributed by atoms with E-state index in [0.29, 0.717) is 5.70 Å². The minimum absolute atomic E-state index is 0.250. The number of fused-ring (bicyclic) bond motifs is 1. The highest BCUT2D eigenvalue weighted by molar-refractivity contribution is 7.14. The standard InChI is InChI=1S/C11H16N2OS/c1-6(12)9-8(13)7-4-5-14-11(2,3)10(7)15-9/h1,4-5,12-13H2,2-3H3. The van der Waals surface area contributed by atoms with Crippen LogP contribution in [-0.2, 0) is 16.8 Å². The van der Waals surface area contributed by atoms with Crippen molar-refractivity contribution in [2.75, 3.05) is 12.3 Å². The van der Waals surface area contributed by atoms with E-state index in [9.17, 15) is 0 Å². The van der Waals surface area contributed by atoms with Crippen molar-refractivity contribution in [2.24, 2.45) is 5.73 Å². The van der Waals surface area contributed by atoms with Crippen molar-refractivity contribution in [3.05, 3.63) is 21.9 Å². The van der Waals surface area contributed by atoms with Crippen LogP contribution in [0.2, 0.25) is 0 Å². The van der Waals surface area contributed by atoms with Gasteiger partial charge in [-0.2, -0.15) is 0 Å². The van der Waals surface area contributed by atoms with Gasteiger partial charge >= 0.3 is 0 Å². The maximum Gasteiger partial charge on any atom is 0.0970 e. The molecule has 1 aromatic rings. The molecule has 0 saturated carbocycles. The van der Waals surface area contributed by atoms with Crippen LogP contribution in [-0.4, -0.2) is 6.61 Å². The first kappa shape index (κ1) is 10.5. The monoisotopic (exact) mass is 224 g/mol. The zero-order chi connectivity index (χ0) is 11.2.